The molecule has 0 spiro atoms. The first-order chi connectivity index (χ1) is 52.0. The van der Waals surface area contributed by atoms with Gasteiger partial charge in [0.2, 0.25) is 76.8 Å². The largest absolute Gasteiger partial charge is 0.508 e. The molecule has 13 amide bonds. The predicted molar refractivity (Wildman–Crippen MR) is 395 cm³/mol. The molecule has 0 aromatic heterocycles. The molecule has 0 unspecified atom stereocenters. The lowest BCUT2D eigenvalue weighted by atomic mass is 10.0. The Bertz CT molecular complexity index is 4050. The fourth-order valence-electron chi connectivity index (χ4n) is 13.1. The molecular weight excluding hydrogens is 1410 g/mol. The van der Waals surface area contributed by atoms with Crippen molar-refractivity contribution < 1.29 is 82.8 Å². The molecule has 3 saturated heterocycles. The normalized spacial score (nSPS) is 25.0. The second kappa shape index (κ2) is 39.6. The molecule has 3 heterocycles. The summed E-state index contributed by atoms with van der Waals surface area (Å²) >= 11 is 0. The van der Waals surface area contributed by atoms with E-state index < -0.39 is 174 Å². The highest BCUT2D eigenvalue weighted by Gasteiger charge is 2.46. The Morgan fingerprint density at radius 2 is 0.771 bits per heavy atom. The quantitative estimate of drug-likeness (QED) is 0.0242. The molecule has 0 aliphatic carbocycles. The fraction of sp³-hybridized carbons (Fsp3) is 0.421. The van der Waals surface area contributed by atoms with Crippen LogP contribution in [-0.4, -0.2) is 217 Å². The Hall–Kier alpha value is -12.0. The van der Waals surface area contributed by atoms with Gasteiger partial charge in [-0.05, 0) is 111 Å². The molecule has 3 aliphatic rings. The number of carbonyl (C=O) groups is 13. The summed E-state index contributed by atoms with van der Waals surface area (Å²) in [7, 11) is 0. The van der Waals surface area contributed by atoms with E-state index >= 15 is 14.4 Å². The number of fused-ring (bicyclic) bond motifs is 2. The number of primary amides is 1. The second-order valence-corrected chi connectivity index (χ2v) is 27.5. The smallest absolute Gasteiger partial charge is 0.246 e. The van der Waals surface area contributed by atoms with E-state index in [-0.39, 0.29) is 102 Å². The summed E-state index contributed by atoms with van der Waals surface area (Å²) in [6.07, 6.45) is -5.13. The molecular formula is C76H96N16O17. The third kappa shape index (κ3) is 24.3. The molecule has 3 fully saturated rings. The molecule has 109 heavy (non-hydrogen) atoms. The first kappa shape index (κ1) is 82.7. The van der Waals surface area contributed by atoms with E-state index in [9.17, 15) is 68.4 Å². The lowest BCUT2D eigenvalue weighted by molar-refractivity contribution is -0.148. The van der Waals surface area contributed by atoms with Crippen LogP contribution in [-0.2, 0) is 94.4 Å². The van der Waals surface area contributed by atoms with Crippen molar-refractivity contribution in [3.63, 3.8) is 0 Å². The number of hydrogen-bond donors (Lipinski definition) is 18. The summed E-state index contributed by atoms with van der Waals surface area (Å²) in [6.45, 7) is 3.56. The minimum absolute atomic E-state index is 0.0118. The van der Waals surface area contributed by atoms with Gasteiger partial charge in [-0.3, -0.25) is 67.7 Å². The molecule has 3 aliphatic heterocycles. The average molecular weight is 1510 g/mol. The molecule has 5 aromatic rings. The van der Waals surface area contributed by atoms with Crippen LogP contribution in [0.25, 0.3) is 0 Å². The van der Waals surface area contributed by atoms with Crippen molar-refractivity contribution in [3.05, 3.63) is 167 Å². The van der Waals surface area contributed by atoms with Crippen LogP contribution in [0, 0.1) is 5.41 Å². The molecule has 33 heteroatoms. The van der Waals surface area contributed by atoms with Crippen molar-refractivity contribution in [2.75, 3.05) is 19.6 Å². The Morgan fingerprint density at radius 3 is 1.19 bits per heavy atom. The molecule has 8 rings (SSSR count). The van der Waals surface area contributed by atoms with Crippen LogP contribution < -0.4 is 70.0 Å². The van der Waals surface area contributed by atoms with E-state index in [2.05, 4.69) is 58.5 Å². The van der Waals surface area contributed by atoms with Crippen LogP contribution in [0.15, 0.2) is 140 Å². The average Bonchev–Trinajstić information content (AvgIpc) is 1.69. The summed E-state index contributed by atoms with van der Waals surface area (Å²) in [5.41, 5.74) is 13.5. The second-order valence-electron chi connectivity index (χ2n) is 27.5. The van der Waals surface area contributed by atoms with Gasteiger partial charge in [-0.25, -0.2) is 0 Å². The molecule has 0 saturated carbocycles. The van der Waals surface area contributed by atoms with Crippen molar-refractivity contribution in [1.29, 1.82) is 5.41 Å². The van der Waals surface area contributed by atoms with E-state index in [0.717, 1.165) is 0 Å². The minimum Gasteiger partial charge on any atom is -0.508 e. The number of amides is 13. The van der Waals surface area contributed by atoms with Gasteiger partial charge in [0, 0.05) is 51.7 Å². The monoisotopic (exact) mass is 1500 g/mol. The van der Waals surface area contributed by atoms with Crippen LogP contribution >= 0.6 is 0 Å². The number of phenols is 2. The van der Waals surface area contributed by atoms with E-state index in [1.807, 2.05) is 0 Å². The zero-order valence-electron chi connectivity index (χ0n) is 60.6. The van der Waals surface area contributed by atoms with Gasteiger partial charge in [0.25, 0.3) is 0 Å². The predicted octanol–water partition coefficient (Wildman–Crippen LogP) is -2.63. The van der Waals surface area contributed by atoms with Gasteiger partial charge in [0.05, 0.1) is 18.6 Å². The first-order valence-electron chi connectivity index (χ1n) is 36.1. The van der Waals surface area contributed by atoms with Gasteiger partial charge in [-0.2, -0.15) is 0 Å². The number of nitrogens with two attached hydrogens (primary N) is 2. The number of aliphatic hydroxyl groups is 2. The molecule has 33 nitrogen and oxygen atoms in total. The minimum atomic E-state index is -1.89. The van der Waals surface area contributed by atoms with Crippen LogP contribution in [0.3, 0.4) is 0 Å². The maximum absolute atomic E-state index is 15.2. The number of aromatic hydroxyl groups is 2. The summed E-state index contributed by atoms with van der Waals surface area (Å²) in [4.78, 5) is 193. The zero-order valence-corrected chi connectivity index (χ0v) is 60.6. The van der Waals surface area contributed by atoms with Crippen LogP contribution in [0.1, 0.15) is 93.5 Å². The maximum Gasteiger partial charge on any atom is 0.246 e. The summed E-state index contributed by atoms with van der Waals surface area (Å²) in [5.74, 6) is -13.6. The van der Waals surface area contributed by atoms with Crippen LogP contribution in [0.4, 0.5) is 0 Å². The number of benzene rings is 5. The van der Waals surface area contributed by atoms with Crippen LogP contribution in [0.5, 0.6) is 11.5 Å². The van der Waals surface area contributed by atoms with Gasteiger partial charge in [0.1, 0.15) is 84.0 Å². The Labute approximate surface area is 629 Å². The summed E-state index contributed by atoms with van der Waals surface area (Å²) < 4.78 is 0. The fourth-order valence-corrected chi connectivity index (χ4v) is 13.1. The third-order valence-corrected chi connectivity index (χ3v) is 18.9. The van der Waals surface area contributed by atoms with Gasteiger partial charge < -0.3 is 100 Å². The van der Waals surface area contributed by atoms with Gasteiger partial charge in [-0.1, -0.05) is 115 Å². The Morgan fingerprint density at radius 1 is 0.431 bits per heavy atom. The number of phenolic OH excluding ortho intramolecular Hbond substituents is 2. The first-order valence-corrected chi connectivity index (χ1v) is 36.1. The van der Waals surface area contributed by atoms with Crippen molar-refractivity contribution in [3.8, 4) is 11.5 Å². The topological polar surface area (TPSA) is 518 Å². The van der Waals surface area contributed by atoms with E-state index in [4.69, 9.17) is 16.9 Å². The van der Waals surface area contributed by atoms with Gasteiger partial charge >= 0.3 is 0 Å². The SMILES string of the molecule is C[C@@H]1NC(=O)[C@H](CC(N)=O)NC(=O)[C@H](Cc2ccccc2)NC(=O)[C@H](Cc2ccccc2)NC(=O)[C@H](CCCNC(=N)N)NC(=O)[C@H]([C@@H](C)O)NC(=O)[C@H](Cc2ccc(O)cc2)NC(=O)[C@@H]2CCCN2C(=O)[C@H]2CCCN2C(=O)[C@H](Cc2ccc(O)cc2)NC(=O)[C@H]([C@@H](C)O)NC(=O)[C@H](Cc2ccccc2)NC1=O. The van der Waals surface area contributed by atoms with Crippen molar-refractivity contribution in [1.82, 2.24) is 68.3 Å². The molecule has 582 valence electrons. The van der Waals surface area contributed by atoms with Crippen molar-refractivity contribution in [2.24, 2.45) is 11.5 Å². The number of nitrogens with one attached hydrogen (secondary N) is 12. The number of hydrogen-bond acceptors (Lipinski definition) is 18. The molecule has 20 N–H and O–H groups in total. The summed E-state index contributed by atoms with van der Waals surface area (Å²) in [6, 6.07) is 16.9. The highest BCUT2D eigenvalue weighted by atomic mass is 16.3. The highest BCUT2D eigenvalue weighted by molar-refractivity contribution is 6.01. The molecule has 0 bridgehead atoms. The van der Waals surface area contributed by atoms with Gasteiger partial charge in [0.15, 0.2) is 5.96 Å². The van der Waals surface area contributed by atoms with E-state index in [0.29, 0.717) is 27.8 Å². The molecule has 0 radical (unpaired) electrons. The third-order valence-electron chi connectivity index (χ3n) is 18.9. The number of carbonyl (C=O) groups excluding carboxylic acids is 13. The summed E-state index contributed by atoms with van der Waals surface area (Å²) in [5, 5.41) is 79.3. The lowest BCUT2D eigenvalue weighted by Crippen LogP contribution is -2.63. The van der Waals surface area contributed by atoms with Crippen LogP contribution in [0.2, 0.25) is 0 Å². The van der Waals surface area contributed by atoms with Crippen molar-refractivity contribution >= 4 is 82.8 Å². The van der Waals surface area contributed by atoms with Crippen molar-refractivity contribution in [2.45, 2.75) is 183 Å². The van der Waals surface area contributed by atoms with Gasteiger partial charge in [-0.15, -0.1) is 0 Å². The highest BCUT2D eigenvalue weighted by Crippen LogP contribution is 2.27. The Balaban J connectivity index is 1.19. The molecule has 5 aromatic carbocycles. The van der Waals surface area contributed by atoms with E-state index in [1.165, 1.54) is 79.1 Å². The maximum atomic E-state index is 15.2. The number of aliphatic hydroxyl groups excluding tert-OH is 2. The number of guanidine groups is 1. The lowest BCUT2D eigenvalue weighted by Gasteiger charge is -2.34. The van der Waals surface area contributed by atoms with E-state index in [1.54, 1.807) is 91.0 Å². The number of rotatable bonds is 18. The number of nitrogens with zero attached hydrogens (tertiary/aromatic N) is 2. The standard InChI is InChI=1S/C76H96N16O17/c1-42-64(98)83-55(38-47-20-11-6-12-21-47)69(103)90-63(44(3)94)73(107)88-58(40-49-27-31-51(96)32-28-49)74(108)92-35-15-24-60(92)75(109)91-34-14-23-59(91)71(105)87-56(39-48-25-29-50(95)30-26-48)70(104)89-62(43(2)93)72(106)82-52(22-13-33-80-76(78)79)65(99)84-53(36-45-16-7-4-8-17-45)67(101)85-54(37-46-18-9-5-10-19-46)68(102)86-57(41-61(77)97)66(100)81-42/h4-12,16-21,25-32,42-44,52-60,62-63,93-96H,13-15,22-24,33-41H2,1-3H3,(H2,77,97)(H,81,100)(H,82,106)(H,83,98)(H,84,99)(H,85,101)(H,86,102)(H,87,105)(H,88,107)(H,89,104)(H,90,103)(H4,78,79,80)/t42-,43+,44+,52-,53-,54-,55-,56-,57-,58-,59-,60+,62-,63-/m0/s1. The zero-order chi connectivity index (χ0) is 79.0. The Kier molecular flexibility index (Phi) is 30.0. The molecule has 14 atom stereocenters.